The Morgan fingerprint density at radius 1 is 0.767 bits per heavy atom. The molecule has 0 aliphatic rings. The molecule has 0 fully saturated rings. The lowest BCUT2D eigenvalue weighted by molar-refractivity contribution is -0.340. The predicted octanol–water partition coefficient (Wildman–Crippen LogP) is 4.63. The Kier molecular flexibility index (Phi) is 9.02. The molecule has 2 aromatic carbocycles. The number of hydrogen-bond donors (Lipinski definition) is 0. The van der Waals surface area contributed by atoms with E-state index in [0.717, 1.165) is 23.1 Å². The first-order valence-electron chi connectivity index (χ1n) is 10.0. The Morgan fingerprint density at radius 3 is 1.63 bits per heavy atom. The summed E-state index contributed by atoms with van der Waals surface area (Å²) in [5, 5.41) is 0. The molecule has 0 unspecified atom stereocenters. The van der Waals surface area contributed by atoms with Gasteiger partial charge in [0, 0.05) is 0 Å². The minimum atomic E-state index is -0.581. The van der Waals surface area contributed by atoms with Crippen LogP contribution in [-0.4, -0.2) is 19.0 Å². The summed E-state index contributed by atoms with van der Waals surface area (Å²) in [6, 6.07) is 15.4. The molecule has 0 heterocycles. The highest BCUT2D eigenvalue weighted by Gasteiger charge is 2.22. The van der Waals surface area contributed by atoms with Gasteiger partial charge in [-0.2, -0.15) is 0 Å². The largest absolute Gasteiger partial charge is 0.461 e. The fraction of sp³-hybridized carbons (Fsp3) is 0.417. The van der Waals surface area contributed by atoms with Crippen molar-refractivity contribution in [2.45, 2.75) is 58.8 Å². The van der Waals surface area contributed by atoms with Crippen LogP contribution in [0.4, 0.5) is 0 Å². The van der Waals surface area contributed by atoms with Crippen molar-refractivity contribution < 1.29 is 28.8 Å². The third-order valence-corrected chi connectivity index (χ3v) is 4.70. The third-order valence-electron chi connectivity index (χ3n) is 4.70. The van der Waals surface area contributed by atoms with Gasteiger partial charge in [-0.1, -0.05) is 55.5 Å². The molecular formula is C24H30O6. The van der Waals surface area contributed by atoms with Gasteiger partial charge < -0.3 is 9.47 Å². The number of esters is 2. The Hall–Kier alpha value is -2.70. The molecule has 6 heteroatoms. The van der Waals surface area contributed by atoms with Crippen molar-refractivity contribution in [2.75, 3.05) is 7.11 Å². The summed E-state index contributed by atoms with van der Waals surface area (Å²) in [7, 11) is 1.47. The van der Waals surface area contributed by atoms with Gasteiger partial charge in [0.1, 0.15) is 18.8 Å². The van der Waals surface area contributed by atoms with Gasteiger partial charge in [0.15, 0.2) is 0 Å². The van der Waals surface area contributed by atoms with Crippen LogP contribution >= 0.6 is 0 Å². The SMILES string of the molecule is CCc1ccc(COC(=O)CCC(=O)OCc2ccc(C(C)(C)OOC)cc2)cc1. The highest BCUT2D eigenvalue weighted by Crippen LogP contribution is 2.25. The second-order valence-corrected chi connectivity index (χ2v) is 7.45. The molecule has 162 valence electrons. The van der Waals surface area contributed by atoms with Crippen LogP contribution in [0.2, 0.25) is 0 Å². The quantitative estimate of drug-likeness (QED) is 0.303. The molecule has 0 amide bonds. The summed E-state index contributed by atoms with van der Waals surface area (Å²) >= 11 is 0. The first-order valence-corrected chi connectivity index (χ1v) is 10.0. The highest BCUT2D eigenvalue weighted by atomic mass is 17.2. The van der Waals surface area contributed by atoms with Gasteiger partial charge in [-0.3, -0.25) is 9.59 Å². The number of aryl methyl sites for hydroxylation is 1. The van der Waals surface area contributed by atoms with E-state index in [0.29, 0.717) is 0 Å². The van der Waals surface area contributed by atoms with Crippen molar-refractivity contribution >= 4 is 11.9 Å². The van der Waals surface area contributed by atoms with Crippen LogP contribution in [0.15, 0.2) is 48.5 Å². The first kappa shape index (κ1) is 23.6. The number of ether oxygens (including phenoxy) is 2. The standard InChI is InChI=1S/C24H30O6/c1-5-18-6-8-19(9-7-18)16-28-22(25)14-15-23(26)29-17-20-10-12-21(13-11-20)24(2,3)30-27-4/h6-13H,5,14-17H2,1-4H3. The average molecular weight is 414 g/mol. The van der Waals surface area contributed by atoms with Gasteiger partial charge in [-0.05, 0) is 42.5 Å². The van der Waals surface area contributed by atoms with E-state index in [-0.39, 0.29) is 26.1 Å². The molecule has 6 nitrogen and oxygen atoms in total. The Labute approximate surface area is 178 Å². The molecule has 0 atom stereocenters. The van der Waals surface area contributed by atoms with Crippen molar-refractivity contribution in [1.82, 2.24) is 0 Å². The lowest BCUT2D eigenvalue weighted by Gasteiger charge is -2.23. The normalized spacial score (nSPS) is 11.2. The molecule has 0 saturated carbocycles. The van der Waals surface area contributed by atoms with Gasteiger partial charge in [-0.15, -0.1) is 0 Å². The highest BCUT2D eigenvalue weighted by molar-refractivity contribution is 5.77. The van der Waals surface area contributed by atoms with Crippen LogP contribution in [-0.2, 0) is 54.1 Å². The van der Waals surface area contributed by atoms with Crippen molar-refractivity contribution in [2.24, 2.45) is 0 Å². The molecular weight excluding hydrogens is 384 g/mol. The third kappa shape index (κ3) is 7.61. The molecule has 2 rings (SSSR count). The second-order valence-electron chi connectivity index (χ2n) is 7.45. The molecule has 0 aliphatic heterocycles. The lowest BCUT2D eigenvalue weighted by atomic mass is 9.97. The van der Waals surface area contributed by atoms with E-state index in [1.807, 2.05) is 62.4 Å². The molecule has 0 aromatic heterocycles. The molecule has 0 radical (unpaired) electrons. The maximum Gasteiger partial charge on any atom is 0.306 e. The molecule has 0 saturated heterocycles. The summed E-state index contributed by atoms with van der Waals surface area (Å²) in [6.45, 7) is 6.22. The zero-order valence-electron chi connectivity index (χ0n) is 18.1. The number of carbonyl (C=O) groups excluding carboxylic acids is 2. The molecule has 0 spiro atoms. The van der Waals surface area contributed by atoms with Crippen LogP contribution in [0.3, 0.4) is 0 Å². The van der Waals surface area contributed by atoms with Gasteiger partial charge in [-0.25, -0.2) is 9.78 Å². The maximum atomic E-state index is 11.9. The van der Waals surface area contributed by atoms with Crippen molar-refractivity contribution in [3.63, 3.8) is 0 Å². The van der Waals surface area contributed by atoms with E-state index in [9.17, 15) is 9.59 Å². The second kappa shape index (κ2) is 11.5. The van der Waals surface area contributed by atoms with Gasteiger partial charge in [0.25, 0.3) is 0 Å². The van der Waals surface area contributed by atoms with E-state index in [2.05, 4.69) is 6.92 Å². The molecule has 0 bridgehead atoms. The van der Waals surface area contributed by atoms with Crippen LogP contribution in [0.5, 0.6) is 0 Å². The number of rotatable bonds is 11. The Balaban J connectivity index is 1.69. The zero-order chi connectivity index (χ0) is 22.0. The van der Waals surface area contributed by atoms with E-state index in [1.54, 1.807) is 0 Å². The van der Waals surface area contributed by atoms with Crippen LogP contribution < -0.4 is 0 Å². The number of carbonyl (C=O) groups is 2. The van der Waals surface area contributed by atoms with E-state index < -0.39 is 17.5 Å². The van der Waals surface area contributed by atoms with E-state index >= 15 is 0 Å². The minimum absolute atomic E-state index is 0.00659. The number of benzene rings is 2. The van der Waals surface area contributed by atoms with Crippen molar-refractivity contribution in [3.05, 3.63) is 70.8 Å². The molecule has 0 N–H and O–H groups in total. The fourth-order valence-electron chi connectivity index (χ4n) is 2.81. The lowest BCUT2D eigenvalue weighted by Crippen LogP contribution is -2.21. The summed E-state index contributed by atoms with van der Waals surface area (Å²) in [6.07, 6.45) is 0.945. The Morgan fingerprint density at radius 2 is 1.20 bits per heavy atom. The zero-order valence-corrected chi connectivity index (χ0v) is 18.1. The first-order chi connectivity index (χ1) is 14.3. The molecule has 0 aliphatic carbocycles. The average Bonchev–Trinajstić information content (AvgIpc) is 2.75. The topological polar surface area (TPSA) is 71.1 Å². The van der Waals surface area contributed by atoms with Gasteiger partial charge in [0.05, 0.1) is 20.0 Å². The van der Waals surface area contributed by atoms with Crippen LogP contribution in [0, 0.1) is 0 Å². The van der Waals surface area contributed by atoms with Gasteiger partial charge >= 0.3 is 11.9 Å². The summed E-state index contributed by atoms with van der Waals surface area (Å²) in [4.78, 5) is 33.8. The number of hydrogen-bond acceptors (Lipinski definition) is 6. The van der Waals surface area contributed by atoms with Crippen molar-refractivity contribution in [1.29, 1.82) is 0 Å². The summed E-state index contributed by atoms with van der Waals surface area (Å²) in [5.41, 5.74) is 3.35. The molecule has 30 heavy (non-hydrogen) atoms. The predicted molar refractivity (Wildman–Crippen MR) is 112 cm³/mol. The van der Waals surface area contributed by atoms with Crippen LogP contribution in [0.25, 0.3) is 0 Å². The Bertz CT molecular complexity index is 809. The van der Waals surface area contributed by atoms with E-state index in [1.165, 1.54) is 12.7 Å². The minimum Gasteiger partial charge on any atom is -0.461 e. The smallest absolute Gasteiger partial charge is 0.306 e. The van der Waals surface area contributed by atoms with Crippen molar-refractivity contribution in [3.8, 4) is 0 Å². The molecule has 2 aromatic rings. The van der Waals surface area contributed by atoms with Gasteiger partial charge in [0.2, 0.25) is 0 Å². The monoisotopic (exact) mass is 414 g/mol. The maximum absolute atomic E-state index is 11.9. The summed E-state index contributed by atoms with van der Waals surface area (Å²) < 4.78 is 10.4. The summed E-state index contributed by atoms with van der Waals surface area (Å²) in [5.74, 6) is -0.859. The van der Waals surface area contributed by atoms with Crippen LogP contribution in [0.1, 0.15) is 55.9 Å². The fourth-order valence-corrected chi connectivity index (χ4v) is 2.81. The van der Waals surface area contributed by atoms with E-state index in [4.69, 9.17) is 19.2 Å².